The molecule has 6 heteroatoms. The summed E-state index contributed by atoms with van der Waals surface area (Å²) >= 11 is 0. The summed E-state index contributed by atoms with van der Waals surface area (Å²) in [6, 6.07) is 3.57. The maximum absolute atomic E-state index is 13.3. The Balaban J connectivity index is 2.07. The molecule has 1 saturated carbocycles. The predicted octanol–water partition coefficient (Wildman–Crippen LogP) is 3.32. The Kier molecular flexibility index (Phi) is 4.77. The van der Waals surface area contributed by atoms with E-state index in [2.05, 4.69) is 12.2 Å². The van der Waals surface area contributed by atoms with E-state index in [9.17, 15) is 14.0 Å². The summed E-state index contributed by atoms with van der Waals surface area (Å²) in [5, 5.41) is 11.5. The number of hydrogen-bond acceptors (Lipinski definition) is 2. The van der Waals surface area contributed by atoms with Crippen LogP contribution in [0.25, 0.3) is 0 Å². The van der Waals surface area contributed by atoms with Crippen LogP contribution in [0.2, 0.25) is 0 Å². The van der Waals surface area contributed by atoms with Gasteiger partial charge in [-0.05, 0) is 37.5 Å². The molecule has 114 valence electrons. The van der Waals surface area contributed by atoms with Crippen LogP contribution in [0.1, 0.15) is 43.0 Å². The number of carbonyl (C=O) groups excluding carboxylic acids is 1. The van der Waals surface area contributed by atoms with E-state index in [0.29, 0.717) is 12.2 Å². The van der Waals surface area contributed by atoms with Crippen molar-refractivity contribution in [2.24, 2.45) is 0 Å². The normalized spacial score (nSPS) is 13.8. The van der Waals surface area contributed by atoms with Gasteiger partial charge in [0.15, 0.2) is 0 Å². The lowest BCUT2D eigenvalue weighted by atomic mass is 10.2. The molecule has 1 aliphatic carbocycles. The van der Waals surface area contributed by atoms with Crippen molar-refractivity contribution in [1.29, 1.82) is 0 Å². The van der Waals surface area contributed by atoms with Crippen molar-refractivity contribution in [3.8, 4) is 0 Å². The number of hydrogen-bond donors (Lipinski definition) is 2. The molecule has 1 aromatic rings. The molecule has 0 radical (unpaired) electrons. The molecule has 1 fully saturated rings. The first-order chi connectivity index (χ1) is 10.0. The molecule has 0 atom stereocenters. The molecule has 1 aromatic carbocycles. The Morgan fingerprint density at radius 1 is 1.43 bits per heavy atom. The van der Waals surface area contributed by atoms with Gasteiger partial charge in [-0.1, -0.05) is 13.3 Å². The highest BCUT2D eigenvalue weighted by molar-refractivity contribution is 5.93. The molecule has 2 N–H and O–H groups in total. The van der Waals surface area contributed by atoms with Crippen molar-refractivity contribution in [3.05, 3.63) is 29.6 Å². The molecule has 0 aromatic heterocycles. The van der Waals surface area contributed by atoms with Gasteiger partial charge in [-0.15, -0.1) is 0 Å². The first-order valence-electron chi connectivity index (χ1n) is 7.13. The van der Waals surface area contributed by atoms with E-state index in [4.69, 9.17) is 5.11 Å². The Bertz CT molecular complexity index is 544. The fourth-order valence-electron chi connectivity index (χ4n) is 2.13. The Morgan fingerprint density at radius 2 is 2.14 bits per heavy atom. The summed E-state index contributed by atoms with van der Waals surface area (Å²) in [7, 11) is 0. The number of amides is 2. The quantitative estimate of drug-likeness (QED) is 0.845. The van der Waals surface area contributed by atoms with E-state index in [1.165, 1.54) is 6.07 Å². The molecule has 0 unspecified atom stereocenters. The van der Waals surface area contributed by atoms with Crippen molar-refractivity contribution in [3.63, 3.8) is 0 Å². The van der Waals surface area contributed by atoms with E-state index in [-0.39, 0.29) is 12.1 Å². The van der Waals surface area contributed by atoms with Gasteiger partial charge in [0.1, 0.15) is 5.82 Å². The molecule has 1 aliphatic rings. The molecule has 0 saturated heterocycles. The van der Waals surface area contributed by atoms with Crippen LogP contribution in [-0.4, -0.2) is 34.6 Å². The van der Waals surface area contributed by atoms with Crippen molar-refractivity contribution < 1.29 is 19.1 Å². The van der Waals surface area contributed by atoms with Gasteiger partial charge in [0.05, 0.1) is 5.56 Å². The third-order valence-electron chi connectivity index (χ3n) is 3.45. The molecule has 2 rings (SSSR count). The number of rotatable bonds is 6. The second kappa shape index (κ2) is 6.56. The van der Waals surface area contributed by atoms with E-state index in [0.717, 1.165) is 37.8 Å². The number of urea groups is 1. The number of halogens is 1. The number of aromatic carboxylic acids is 1. The first-order valence-corrected chi connectivity index (χ1v) is 7.13. The minimum absolute atomic E-state index is 0.256. The van der Waals surface area contributed by atoms with Gasteiger partial charge in [0.2, 0.25) is 0 Å². The minimum atomic E-state index is -1.35. The molecular formula is C15H19FN2O3. The summed E-state index contributed by atoms with van der Waals surface area (Å²) in [5.41, 5.74) is -0.153. The molecule has 2 amide bonds. The van der Waals surface area contributed by atoms with Gasteiger partial charge >= 0.3 is 12.0 Å². The molecule has 21 heavy (non-hydrogen) atoms. The summed E-state index contributed by atoms with van der Waals surface area (Å²) in [4.78, 5) is 24.9. The molecule has 0 aliphatic heterocycles. The van der Waals surface area contributed by atoms with Gasteiger partial charge in [0, 0.05) is 18.3 Å². The molecule has 5 nitrogen and oxygen atoms in total. The molecule has 0 spiro atoms. The highest BCUT2D eigenvalue weighted by atomic mass is 19.1. The van der Waals surface area contributed by atoms with Crippen LogP contribution in [0.4, 0.5) is 14.9 Å². The fourth-order valence-corrected chi connectivity index (χ4v) is 2.13. The maximum atomic E-state index is 13.3. The number of benzene rings is 1. The van der Waals surface area contributed by atoms with E-state index in [1.807, 2.05) is 0 Å². The zero-order valence-electron chi connectivity index (χ0n) is 11.9. The monoisotopic (exact) mass is 294 g/mol. The van der Waals surface area contributed by atoms with Gasteiger partial charge < -0.3 is 15.3 Å². The SMILES string of the molecule is CCCCN(C(=O)Nc1ccc(F)c(C(=O)O)c1)C1CC1. The lowest BCUT2D eigenvalue weighted by Gasteiger charge is -2.22. The second-order valence-electron chi connectivity index (χ2n) is 5.21. The third-order valence-corrected chi connectivity index (χ3v) is 3.45. The van der Waals surface area contributed by atoms with Gasteiger partial charge in [-0.2, -0.15) is 0 Å². The molecular weight excluding hydrogens is 275 g/mol. The van der Waals surface area contributed by atoms with E-state index in [1.54, 1.807) is 4.90 Å². The van der Waals surface area contributed by atoms with Crippen molar-refractivity contribution >= 4 is 17.7 Å². The van der Waals surface area contributed by atoms with Gasteiger partial charge in [0.25, 0.3) is 0 Å². The van der Waals surface area contributed by atoms with Crippen LogP contribution in [0, 0.1) is 5.82 Å². The van der Waals surface area contributed by atoms with Crippen molar-refractivity contribution in [1.82, 2.24) is 4.90 Å². The fraction of sp³-hybridized carbons (Fsp3) is 0.467. The van der Waals surface area contributed by atoms with Crippen LogP contribution >= 0.6 is 0 Å². The van der Waals surface area contributed by atoms with Crippen LogP contribution in [-0.2, 0) is 0 Å². The van der Waals surface area contributed by atoms with Crippen molar-refractivity contribution in [2.45, 2.75) is 38.6 Å². The van der Waals surface area contributed by atoms with E-state index < -0.39 is 17.3 Å². The third kappa shape index (κ3) is 3.93. The number of carboxylic acids is 1. The molecule has 0 bridgehead atoms. The van der Waals surface area contributed by atoms with Crippen LogP contribution in [0.15, 0.2) is 18.2 Å². The summed E-state index contributed by atoms with van der Waals surface area (Å²) < 4.78 is 13.3. The largest absolute Gasteiger partial charge is 0.478 e. The Hall–Kier alpha value is -2.11. The average Bonchev–Trinajstić information content (AvgIpc) is 3.25. The maximum Gasteiger partial charge on any atom is 0.338 e. The number of nitrogens with zero attached hydrogens (tertiary/aromatic N) is 1. The summed E-state index contributed by atoms with van der Waals surface area (Å²) in [6.07, 6.45) is 3.92. The zero-order valence-corrected chi connectivity index (χ0v) is 11.9. The van der Waals surface area contributed by atoms with Crippen LogP contribution in [0.3, 0.4) is 0 Å². The summed E-state index contributed by atoms with van der Waals surface area (Å²) in [6.45, 7) is 2.74. The lowest BCUT2D eigenvalue weighted by Crippen LogP contribution is -2.37. The second-order valence-corrected chi connectivity index (χ2v) is 5.21. The molecule has 0 heterocycles. The number of nitrogens with one attached hydrogen (secondary N) is 1. The van der Waals surface area contributed by atoms with Gasteiger partial charge in [-0.3, -0.25) is 0 Å². The first kappa shape index (κ1) is 15.3. The topological polar surface area (TPSA) is 69.6 Å². The average molecular weight is 294 g/mol. The lowest BCUT2D eigenvalue weighted by molar-refractivity contribution is 0.0692. The van der Waals surface area contributed by atoms with Crippen LogP contribution < -0.4 is 5.32 Å². The smallest absolute Gasteiger partial charge is 0.338 e. The van der Waals surface area contributed by atoms with Gasteiger partial charge in [-0.25, -0.2) is 14.0 Å². The number of carboxylic acid groups (broad SMARTS) is 1. The van der Waals surface area contributed by atoms with Crippen molar-refractivity contribution in [2.75, 3.05) is 11.9 Å². The number of anilines is 1. The Morgan fingerprint density at radius 3 is 2.71 bits per heavy atom. The van der Waals surface area contributed by atoms with E-state index >= 15 is 0 Å². The standard InChI is InChI=1S/C15H19FN2O3/c1-2-3-8-18(11-5-6-11)15(21)17-10-4-7-13(16)12(9-10)14(19)20/h4,7,9,11H,2-3,5-6,8H2,1H3,(H,17,21)(H,19,20). The number of carbonyl (C=O) groups is 2. The number of unbranched alkanes of at least 4 members (excludes halogenated alkanes) is 1. The minimum Gasteiger partial charge on any atom is -0.478 e. The highest BCUT2D eigenvalue weighted by Gasteiger charge is 2.32. The predicted molar refractivity (Wildman–Crippen MR) is 77.0 cm³/mol. The summed E-state index contributed by atoms with van der Waals surface area (Å²) in [5.74, 6) is -2.17. The Labute approximate surface area is 122 Å². The highest BCUT2D eigenvalue weighted by Crippen LogP contribution is 2.28. The van der Waals surface area contributed by atoms with Crippen LogP contribution in [0.5, 0.6) is 0 Å². The zero-order chi connectivity index (χ0) is 15.4.